The van der Waals surface area contributed by atoms with Gasteiger partial charge in [0.05, 0.1) is 12.1 Å². The van der Waals surface area contributed by atoms with Gasteiger partial charge in [-0.25, -0.2) is 4.79 Å². The van der Waals surface area contributed by atoms with Crippen LogP contribution >= 0.6 is 0 Å². The van der Waals surface area contributed by atoms with Crippen LogP contribution in [0, 0.1) is 0 Å². The first-order valence-corrected chi connectivity index (χ1v) is 19.1. The van der Waals surface area contributed by atoms with E-state index in [9.17, 15) is 9.90 Å². The van der Waals surface area contributed by atoms with Gasteiger partial charge in [-0.1, -0.05) is 73.6 Å². The van der Waals surface area contributed by atoms with Crippen molar-refractivity contribution in [1.29, 1.82) is 0 Å². The smallest absolute Gasteiger partial charge is 0.355 e. The fraction of sp³-hybridized carbons (Fsp3) is 0.581. The number of para-hydroxylation sites is 1. The van der Waals surface area contributed by atoms with E-state index in [-0.39, 0.29) is 28.8 Å². The average Bonchev–Trinajstić information content (AvgIpc) is 3.61. The first-order valence-electron chi connectivity index (χ1n) is 15.2. The Kier molecular flexibility index (Phi) is 8.93. The number of esters is 1. The summed E-state index contributed by atoms with van der Waals surface area (Å²) in [6.07, 6.45) is -0.908. The van der Waals surface area contributed by atoms with Gasteiger partial charge in [0.15, 0.2) is 12.3 Å². The van der Waals surface area contributed by atoms with Crippen molar-refractivity contribution in [3.05, 3.63) is 60.6 Å². The summed E-state index contributed by atoms with van der Waals surface area (Å²) in [7, 11) is -5.85. The molecule has 9 nitrogen and oxygen atoms in total. The fourth-order valence-corrected chi connectivity index (χ4v) is 17.9. The maximum absolute atomic E-state index is 13.3. The predicted octanol–water partition coefficient (Wildman–Crippen LogP) is 6.41. The Hall–Kier alpha value is -2.26. The number of rotatable bonds is 7. The summed E-state index contributed by atoms with van der Waals surface area (Å²) in [6, 6.07) is 13.3. The molecular formula is C31H46N2O7Si2. The topological polar surface area (TPSA) is 104 Å². The molecule has 2 fully saturated rings. The third-order valence-corrected chi connectivity index (χ3v) is 19.2. The SMILES string of the molecule is CC(C)[Si]1(C(C)C)OCC2O[C@@H](n3ccc4ccccc43)C(OC(=O)c3ccc[nH]3)[C@@H](O)[C@@H]2O[Si](C(C)C)(C(C)C)O1. The maximum Gasteiger partial charge on any atom is 0.355 e. The summed E-state index contributed by atoms with van der Waals surface area (Å²) in [6.45, 7) is 17.4. The monoisotopic (exact) mass is 614 g/mol. The summed E-state index contributed by atoms with van der Waals surface area (Å²) in [5.74, 6) is -0.576. The van der Waals surface area contributed by atoms with E-state index in [1.807, 2.05) is 41.1 Å². The molecule has 5 atom stereocenters. The number of hydrogen-bond acceptors (Lipinski definition) is 7. The number of aromatic nitrogens is 2. The van der Waals surface area contributed by atoms with Crippen molar-refractivity contribution in [3.63, 3.8) is 0 Å². The molecule has 1 aromatic carbocycles. The van der Waals surface area contributed by atoms with Gasteiger partial charge in [-0.05, 0) is 51.8 Å². The van der Waals surface area contributed by atoms with Crippen molar-refractivity contribution in [1.82, 2.24) is 9.55 Å². The van der Waals surface area contributed by atoms with E-state index in [0.717, 1.165) is 10.9 Å². The second-order valence-corrected chi connectivity index (χ2v) is 21.7. The minimum atomic E-state index is -3.04. The molecule has 2 aromatic heterocycles. The lowest BCUT2D eigenvalue weighted by Gasteiger charge is -2.55. The molecule has 5 rings (SSSR count). The van der Waals surface area contributed by atoms with Gasteiger partial charge >= 0.3 is 23.1 Å². The Morgan fingerprint density at radius 2 is 1.62 bits per heavy atom. The number of ether oxygens (including phenoxy) is 2. The summed E-state index contributed by atoms with van der Waals surface area (Å²) in [5.41, 5.74) is 1.70. The van der Waals surface area contributed by atoms with Crippen molar-refractivity contribution in [3.8, 4) is 0 Å². The molecule has 0 radical (unpaired) electrons. The number of aromatic amines is 1. The van der Waals surface area contributed by atoms with E-state index in [0.29, 0.717) is 5.69 Å². The third-order valence-electron chi connectivity index (χ3n) is 8.93. The van der Waals surface area contributed by atoms with Crippen LogP contribution in [0.25, 0.3) is 10.9 Å². The van der Waals surface area contributed by atoms with Crippen molar-refractivity contribution in [2.45, 2.75) is 108 Å². The fourth-order valence-electron chi connectivity index (χ4n) is 6.65. The maximum atomic E-state index is 13.3. The van der Waals surface area contributed by atoms with E-state index in [2.05, 4.69) is 60.4 Å². The molecule has 0 saturated carbocycles. The van der Waals surface area contributed by atoms with Gasteiger partial charge in [-0.2, -0.15) is 0 Å². The molecule has 3 aromatic rings. The molecule has 2 aliphatic heterocycles. The first-order chi connectivity index (χ1) is 19.9. The van der Waals surface area contributed by atoms with Crippen molar-refractivity contribution < 1.29 is 32.3 Å². The molecule has 0 spiro atoms. The van der Waals surface area contributed by atoms with Crippen molar-refractivity contribution >= 4 is 34.0 Å². The zero-order chi connectivity index (χ0) is 30.4. The average molecular weight is 615 g/mol. The Labute approximate surface area is 250 Å². The number of nitrogens with zero attached hydrogens (tertiary/aromatic N) is 1. The highest BCUT2D eigenvalue weighted by Crippen LogP contribution is 2.48. The molecule has 2 aliphatic rings. The van der Waals surface area contributed by atoms with Gasteiger partial charge in [0.25, 0.3) is 0 Å². The molecule has 42 heavy (non-hydrogen) atoms. The van der Waals surface area contributed by atoms with Crippen LogP contribution in [0.15, 0.2) is 54.9 Å². The van der Waals surface area contributed by atoms with E-state index < -0.39 is 53.7 Å². The quantitative estimate of drug-likeness (QED) is 0.234. The second-order valence-electron chi connectivity index (χ2n) is 12.8. The van der Waals surface area contributed by atoms with Crippen LogP contribution in [0.5, 0.6) is 0 Å². The van der Waals surface area contributed by atoms with Gasteiger partial charge in [-0.3, -0.25) is 0 Å². The predicted molar refractivity (Wildman–Crippen MR) is 166 cm³/mol. The lowest BCUT2D eigenvalue weighted by molar-refractivity contribution is -0.250. The Morgan fingerprint density at radius 1 is 0.952 bits per heavy atom. The number of aliphatic hydroxyl groups is 1. The highest BCUT2D eigenvalue weighted by molar-refractivity contribution is 6.84. The Morgan fingerprint density at radius 3 is 2.24 bits per heavy atom. The molecule has 2 unspecified atom stereocenters. The number of hydrogen-bond donors (Lipinski definition) is 2. The van der Waals surface area contributed by atoms with E-state index in [1.54, 1.807) is 18.3 Å². The highest BCUT2D eigenvalue weighted by Gasteiger charge is 2.62. The van der Waals surface area contributed by atoms with Gasteiger partial charge < -0.3 is 37.1 Å². The Bertz CT molecular complexity index is 1340. The number of nitrogens with one attached hydrogen (secondary N) is 1. The number of H-pyrrole nitrogens is 1. The molecule has 230 valence electrons. The highest BCUT2D eigenvalue weighted by atomic mass is 28.5. The lowest BCUT2D eigenvalue weighted by Crippen LogP contribution is -2.69. The minimum absolute atomic E-state index is 0.0717. The molecule has 2 saturated heterocycles. The second kappa shape index (κ2) is 12.0. The number of carbonyl (C=O) groups excluding carboxylic acids is 1. The van der Waals surface area contributed by atoms with E-state index in [4.69, 9.17) is 22.4 Å². The molecule has 11 heteroatoms. The Balaban J connectivity index is 1.61. The molecule has 2 N–H and O–H groups in total. The van der Waals surface area contributed by atoms with Crippen molar-refractivity contribution in [2.75, 3.05) is 6.61 Å². The van der Waals surface area contributed by atoms with Crippen LogP contribution in [-0.4, -0.2) is 68.8 Å². The van der Waals surface area contributed by atoms with Gasteiger partial charge in [0.1, 0.15) is 24.0 Å². The van der Waals surface area contributed by atoms with Crippen LogP contribution in [0.2, 0.25) is 22.2 Å². The summed E-state index contributed by atoms with van der Waals surface area (Å²) in [4.78, 5) is 16.2. The summed E-state index contributed by atoms with van der Waals surface area (Å²) in [5, 5.41) is 13.1. The molecule has 0 aliphatic carbocycles. The first kappa shape index (κ1) is 31.2. The normalized spacial score (nSPS) is 27.8. The van der Waals surface area contributed by atoms with E-state index in [1.165, 1.54) is 0 Å². The summed E-state index contributed by atoms with van der Waals surface area (Å²) >= 11 is 0. The molecule has 0 amide bonds. The largest absolute Gasteiger partial charge is 0.450 e. The van der Waals surface area contributed by atoms with Crippen LogP contribution in [0.1, 0.15) is 72.1 Å². The lowest BCUT2D eigenvalue weighted by atomic mass is 9.98. The molecular weight excluding hydrogens is 569 g/mol. The van der Waals surface area contributed by atoms with Crippen LogP contribution in [0.4, 0.5) is 0 Å². The van der Waals surface area contributed by atoms with Crippen LogP contribution in [0.3, 0.4) is 0 Å². The van der Waals surface area contributed by atoms with E-state index >= 15 is 0 Å². The van der Waals surface area contributed by atoms with Gasteiger partial charge in [-0.15, -0.1) is 0 Å². The molecule has 4 heterocycles. The number of fused-ring (bicyclic) bond motifs is 2. The number of carbonyl (C=O) groups is 1. The van der Waals surface area contributed by atoms with Gasteiger partial charge in [0, 0.05) is 12.4 Å². The molecule has 0 bridgehead atoms. The third kappa shape index (κ3) is 5.33. The standard InChI is InChI=1S/C31H46N2O7Si2/c1-19(2)41(20(3)4)36-18-26-28(39-42(40-41,21(5)6)22(7)8)27(34)29(38-31(35)24-13-11-16-32-24)30(37-26)33-17-15-23-12-9-10-14-25(23)33/h9-17,19-22,26-30,32,34H,18H2,1-8H3/t26?,27-,28+,29?,30+/m0/s1. The van der Waals surface area contributed by atoms with Crippen LogP contribution in [-0.2, 0) is 22.4 Å². The zero-order valence-electron chi connectivity index (χ0n) is 25.9. The van der Waals surface area contributed by atoms with Gasteiger partial charge in [0.2, 0.25) is 0 Å². The summed E-state index contributed by atoms with van der Waals surface area (Å²) < 4.78 is 36.1. The van der Waals surface area contributed by atoms with Crippen molar-refractivity contribution in [2.24, 2.45) is 0 Å². The number of aliphatic hydroxyl groups excluding tert-OH is 1. The zero-order valence-corrected chi connectivity index (χ0v) is 27.9. The minimum Gasteiger partial charge on any atom is -0.450 e. The van der Waals surface area contributed by atoms with Crippen LogP contribution < -0.4 is 0 Å². The number of benzene rings is 1.